The Morgan fingerprint density at radius 3 is 2.21 bits per heavy atom. The third kappa shape index (κ3) is 6.90. The highest BCUT2D eigenvalue weighted by Gasteiger charge is 2.22. The smallest absolute Gasteiger partial charge is 0.239 e. The number of hydrogen-bond acceptors (Lipinski definition) is 4. The zero-order valence-electron chi connectivity index (χ0n) is 15.6. The summed E-state index contributed by atoms with van der Waals surface area (Å²) in [5.41, 5.74) is 0. The van der Waals surface area contributed by atoms with E-state index in [1.165, 1.54) is 12.6 Å². The minimum atomic E-state index is -0.943. The zero-order valence-corrected chi connectivity index (χ0v) is 16.6. The van der Waals surface area contributed by atoms with Crippen molar-refractivity contribution in [2.45, 2.75) is 38.5 Å². The van der Waals surface area contributed by atoms with Gasteiger partial charge in [-0.05, 0) is 19.0 Å². The second-order valence-electron chi connectivity index (χ2n) is 8.26. The van der Waals surface area contributed by atoms with Crippen LogP contribution in [-0.2, 0) is 9.59 Å². The monoisotopic (exact) mass is 354 g/mol. The molecule has 0 spiro atoms. The lowest BCUT2D eigenvalue weighted by Crippen LogP contribution is -2.49. The standard InChI is InChI=1S/C17H34N4O2Si/c1-24(2,3)14-13-20-11-9-19(10-12-20)8-6-18-16(22)15-21-7-4-5-17(21)23/h4-15H2,1-3H3,(H,18,22). The van der Waals surface area contributed by atoms with Crippen LogP contribution in [0.5, 0.6) is 0 Å². The summed E-state index contributed by atoms with van der Waals surface area (Å²) in [6, 6.07) is 1.37. The number of nitrogens with zero attached hydrogens (tertiary/aromatic N) is 3. The molecule has 2 saturated heterocycles. The number of nitrogens with one attached hydrogen (secondary N) is 1. The van der Waals surface area contributed by atoms with Gasteiger partial charge in [0.15, 0.2) is 0 Å². The van der Waals surface area contributed by atoms with Gasteiger partial charge >= 0.3 is 0 Å². The van der Waals surface area contributed by atoms with E-state index in [4.69, 9.17) is 0 Å². The number of hydrogen-bond donors (Lipinski definition) is 1. The topological polar surface area (TPSA) is 55.9 Å². The van der Waals surface area contributed by atoms with E-state index in [0.29, 0.717) is 13.0 Å². The first kappa shape index (κ1) is 19.4. The van der Waals surface area contributed by atoms with E-state index in [1.807, 2.05) is 0 Å². The Kier molecular flexibility index (Phi) is 7.25. The van der Waals surface area contributed by atoms with Crippen LogP contribution < -0.4 is 5.32 Å². The Hall–Kier alpha value is -0.923. The molecular formula is C17H34N4O2Si. The number of piperazine rings is 1. The molecule has 0 bridgehead atoms. The molecule has 2 fully saturated rings. The van der Waals surface area contributed by atoms with Gasteiger partial charge in [0.25, 0.3) is 0 Å². The van der Waals surface area contributed by atoms with Gasteiger partial charge in [-0.25, -0.2) is 0 Å². The molecule has 0 aromatic rings. The van der Waals surface area contributed by atoms with E-state index in [9.17, 15) is 9.59 Å². The van der Waals surface area contributed by atoms with Crippen molar-refractivity contribution in [3.63, 3.8) is 0 Å². The first-order valence-electron chi connectivity index (χ1n) is 9.33. The average Bonchev–Trinajstić information content (AvgIpc) is 2.91. The van der Waals surface area contributed by atoms with Gasteiger partial charge in [0.1, 0.15) is 0 Å². The van der Waals surface area contributed by atoms with Gasteiger partial charge in [-0.2, -0.15) is 0 Å². The Balaban J connectivity index is 1.54. The number of amides is 2. The van der Waals surface area contributed by atoms with Crippen LogP contribution in [0.25, 0.3) is 0 Å². The molecule has 2 aliphatic rings. The minimum Gasteiger partial charge on any atom is -0.353 e. The van der Waals surface area contributed by atoms with E-state index in [1.54, 1.807) is 4.90 Å². The quantitative estimate of drug-likeness (QED) is 0.652. The number of carbonyl (C=O) groups is 2. The van der Waals surface area contributed by atoms with Crippen molar-refractivity contribution in [3.8, 4) is 0 Å². The van der Waals surface area contributed by atoms with Crippen molar-refractivity contribution < 1.29 is 9.59 Å². The molecule has 2 heterocycles. The van der Waals surface area contributed by atoms with Crippen LogP contribution in [0.4, 0.5) is 0 Å². The SMILES string of the molecule is C[Si](C)(C)CCN1CCN(CCNC(=O)CN2CCCC2=O)CC1. The second-order valence-corrected chi connectivity index (χ2v) is 13.9. The molecule has 0 saturated carbocycles. The van der Waals surface area contributed by atoms with Crippen LogP contribution in [0.3, 0.4) is 0 Å². The summed E-state index contributed by atoms with van der Waals surface area (Å²) in [5.74, 6) is 0.0820. The molecule has 0 unspecified atom stereocenters. The molecule has 0 aromatic carbocycles. The van der Waals surface area contributed by atoms with Gasteiger partial charge in [0.2, 0.25) is 11.8 Å². The van der Waals surface area contributed by atoms with Gasteiger partial charge in [-0.3, -0.25) is 14.5 Å². The van der Waals surface area contributed by atoms with Gasteiger partial charge < -0.3 is 15.1 Å². The molecule has 0 aliphatic carbocycles. The molecule has 1 N–H and O–H groups in total. The van der Waals surface area contributed by atoms with Crippen molar-refractivity contribution in [1.29, 1.82) is 0 Å². The Morgan fingerprint density at radius 1 is 1.04 bits per heavy atom. The van der Waals surface area contributed by atoms with Gasteiger partial charge in [0.05, 0.1) is 6.54 Å². The summed E-state index contributed by atoms with van der Waals surface area (Å²) in [6.07, 6.45) is 1.48. The molecule has 138 valence electrons. The van der Waals surface area contributed by atoms with Gasteiger partial charge in [-0.1, -0.05) is 19.6 Å². The van der Waals surface area contributed by atoms with Crippen LogP contribution in [0.1, 0.15) is 12.8 Å². The maximum Gasteiger partial charge on any atom is 0.239 e. The summed E-state index contributed by atoms with van der Waals surface area (Å²) >= 11 is 0. The third-order valence-electron chi connectivity index (χ3n) is 4.90. The van der Waals surface area contributed by atoms with Crippen LogP contribution in [-0.4, -0.2) is 93.5 Å². The number of carbonyl (C=O) groups excluding carboxylic acids is 2. The largest absolute Gasteiger partial charge is 0.353 e. The van der Waals surface area contributed by atoms with Gasteiger partial charge in [-0.15, -0.1) is 0 Å². The minimum absolute atomic E-state index is 0.0287. The number of rotatable bonds is 8. The van der Waals surface area contributed by atoms with Crippen LogP contribution >= 0.6 is 0 Å². The Morgan fingerprint density at radius 2 is 1.67 bits per heavy atom. The summed E-state index contributed by atoms with van der Waals surface area (Å²) in [5, 5.41) is 2.95. The van der Waals surface area contributed by atoms with E-state index < -0.39 is 8.07 Å². The maximum atomic E-state index is 11.9. The lowest BCUT2D eigenvalue weighted by Gasteiger charge is -2.35. The fourth-order valence-corrected chi connectivity index (χ4v) is 4.17. The van der Waals surface area contributed by atoms with Crippen molar-refractivity contribution in [3.05, 3.63) is 0 Å². The highest BCUT2D eigenvalue weighted by atomic mass is 28.3. The first-order valence-corrected chi connectivity index (χ1v) is 13.0. The van der Waals surface area contributed by atoms with Crippen molar-refractivity contribution in [2.75, 3.05) is 58.9 Å². The van der Waals surface area contributed by atoms with Crippen LogP contribution in [0.2, 0.25) is 25.7 Å². The van der Waals surface area contributed by atoms with Gasteiger partial charge in [0, 0.05) is 60.3 Å². The fourth-order valence-electron chi connectivity index (χ4n) is 3.18. The van der Waals surface area contributed by atoms with Crippen LogP contribution in [0, 0.1) is 0 Å². The highest BCUT2D eigenvalue weighted by molar-refractivity contribution is 6.76. The summed E-state index contributed by atoms with van der Waals surface area (Å²) in [6.45, 7) is 15.5. The third-order valence-corrected chi connectivity index (χ3v) is 6.62. The van der Waals surface area contributed by atoms with E-state index in [0.717, 1.165) is 45.7 Å². The molecular weight excluding hydrogens is 320 g/mol. The molecule has 0 radical (unpaired) electrons. The Labute approximate surface area is 147 Å². The maximum absolute atomic E-state index is 11.9. The number of likely N-dealkylation sites (tertiary alicyclic amines) is 1. The fraction of sp³-hybridized carbons (Fsp3) is 0.882. The summed E-state index contributed by atoms with van der Waals surface area (Å²) in [7, 11) is -0.943. The molecule has 24 heavy (non-hydrogen) atoms. The average molecular weight is 355 g/mol. The van der Waals surface area contributed by atoms with Crippen molar-refractivity contribution >= 4 is 19.9 Å². The van der Waals surface area contributed by atoms with E-state index in [-0.39, 0.29) is 18.4 Å². The molecule has 2 rings (SSSR count). The summed E-state index contributed by atoms with van der Waals surface area (Å²) < 4.78 is 0. The molecule has 0 aromatic heterocycles. The second kappa shape index (κ2) is 8.96. The first-order chi connectivity index (χ1) is 11.3. The van der Waals surface area contributed by atoms with E-state index in [2.05, 4.69) is 34.8 Å². The van der Waals surface area contributed by atoms with Crippen molar-refractivity contribution in [2.24, 2.45) is 0 Å². The lowest BCUT2D eigenvalue weighted by molar-refractivity contribution is -0.133. The molecule has 2 amide bonds. The zero-order chi connectivity index (χ0) is 17.6. The predicted octanol–water partition coefficient (Wildman–Crippen LogP) is 0.681. The van der Waals surface area contributed by atoms with Crippen molar-refractivity contribution in [1.82, 2.24) is 20.0 Å². The van der Waals surface area contributed by atoms with E-state index >= 15 is 0 Å². The molecule has 0 atom stereocenters. The predicted molar refractivity (Wildman–Crippen MR) is 99.9 cm³/mol. The normalized spacial score (nSPS) is 20.6. The molecule has 6 nitrogen and oxygen atoms in total. The lowest BCUT2D eigenvalue weighted by atomic mass is 10.3. The Bertz CT molecular complexity index is 431. The van der Waals surface area contributed by atoms with Crippen LogP contribution in [0.15, 0.2) is 0 Å². The highest BCUT2D eigenvalue weighted by Crippen LogP contribution is 2.11. The molecule has 7 heteroatoms. The molecule has 2 aliphatic heterocycles. The summed E-state index contributed by atoms with van der Waals surface area (Å²) in [4.78, 5) is 30.1.